The van der Waals surface area contributed by atoms with Gasteiger partial charge in [-0.3, -0.25) is 14.6 Å². The van der Waals surface area contributed by atoms with E-state index in [-0.39, 0.29) is 11.5 Å². The smallest absolute Gasteiger partial charge is 0.293 e. The van der Waals surface area contributed by atoms with Crippen LogP contribution in [0.4, 0.5) is 0 Å². The van der Waals surface area contributed by atoms with Crippen molar-refractivity contribution < 1.29 is 14.3 Å². The molecule has 6 nitrogen and oxygen atoms in total. The summed E-state index contributed by atoms with van der Waals surface area (Å²) >= 11 is 0. The maximum Gasteiger partial charge on any atom is 0.293 e. The number of ether oxygens (including phenoxy) is 1. The Morgan fingerprint density at radius 1 is 1.29 bits per heavy atom. The number of nitrogens with zero attached hydrogens (tertiary/aromatic N) is 2. The van der Waals surface area contributed by atoms with Crippen LogP contribution in [0.2, 0.25) is 0 Å². The van der Waals surface area contributed by atoms with Gasteiger partial charge in [-0.2, -0.15) is 0 Å². The molecule has 1 aromatic rings. The molecule has 6 heteroatoms. The average molecular weight is 293 g/mol. The number of hydrogen-bond acceptors (Lipinski definition) is 5. The van der Waals surface area contributed by atoms with E-state index in [1.54, 1.807) is 24.5 Å². The molecule has 21 heavy (non-hydrogen) atoms. The number of piperazine rings is 1. The molecule has 0 atom stereocenters. The van der Waals surface area contributed by atoms with E-state index in [1.807, 2.05) is 25.7 Å². The standard InChI is InChI=1S/C10H13N3O.C5H10O2/c14-10(9-1-3-11-4-2-9)13-7-5-12-6-8-13;1-5(2,3)7-4-6/h1-4,12H,5-8H2;4H,1-3H3. The van der Waals surface area contributed by atoms with Crippen LogP contribution in [0.25, 0.3) is 0 Å². The number of carbonyl (C=O) groups excluding carboxylic acids is 2. The predicted molar refractivity (Wildman–Crippen MR) is 79.9 cm³/mol. The molecule has 1 aliphatic heterocycles. The summed E-state index contributed by atoms with van der Waals surface area (Å²) in [6.45, 7) is 9.28. The number of hydrogen-bond donors (Lipinski definition) is 1. The van der Waals surface area contributed by atoms with Gasteiger partial charge < -0.3 is 15.0 Å². The van der Waals surface area contributed by atoms with E-state index in [2.05, 4.69) is 15.0 Å². The topological polar surface area (TPSA) is 71.5 Å². The number of aromatic nitrogens is 1. The SMILES string of the molecule is CC(C)(C)OC=O.O=C(c1ccncc1)N1CCNCC1. The molecule has 1 aliphatic rings. The van der Waals surface area contributed by atoms with Gasteiger partial charge in [0.25, 0.3) is 12.4 Å². The van der Waals surface area contributed by atoms with Crippen LogP contribution in [0.3, 0.4) is 0 Å². The largest absolute Gasteiger partial charge is 0.462 e. The molecule has 2 rings (SSSR count). The lowest BCUT2D eigenvalue weighted by atomic mass is 10.2. The van der Waals surface area contributed by atoms with Crippen molar-refractivity contribution in [2.45, 2.75) is 26.4 Å². The Kier molecular flexibility index (Phi) is 6.81. The maximum atomic E-state index is 11.9. The summed E-state index contributed by atoms with van der Waals surface area (Å²) in [4.78, 5) is 27.2. The van der Waals surface area contributed by atoms with Crippen molar-refractivity contribution in [1.29, 1.82) is 0 Å². The van der Waals surface area contributed by atoms with Gasteiger partial charge in [-0.25, -0.2) is 0 Å². The minimum absolute atomic E-state index is 0.105. The zero-order valence-corrected chi connectivity index (χ0v) is 12.8. The number of pyridine rings is 1. The van der Waals surface area contributed by atoms with Gasteiger partial charge in [-0.15, -0.1) is 0 Å². The third kappa shape index (κ3) is 6.85. The molecule has 0 bridgehead atoms. The fourth-order valence-corrected chi connectivity index (χ4v) is 1.69. The summed E-state index contributed by atoms with van der Waals surface area (Å²) in [6, 6.07) is 3.51. The lowest BCUT2D eigenvalue weighted by Gasteiger charge is -2.27. The minimum Gasteiger partial charge on any atom is -0.462 e. The van der Waals surface area contributed by atoms with Crippen molar-refractivity contribution in [2.75, 3.05) is 26.2 Å². The summed E-state index contributed by atoms with van der Waals surface area (Å²) in [5, 5.41) is 3.21. The Balaban J connectivity index is 0.000000270. The van der Waals surface area contributed by atoms with Crippen LogP contribution in [-0.4, -0.2) is 54.0 Å². The molecule has 0 aliphatic carbocycles. The molecular weight excluding hydrogens is 270 g/mol. The zero-order chi connectivity index (χ0) is 15.7. The summed E-state index contributed by atoms with van der Waals surface area (Å²) in [5.41, 5.74) is 0.406. The Hall–Kier alpha value is -1.95. The monoisotopic (exact) mass is 293 g/mol. The zero-order valence-electron chi connectivity index (χ0n) is 12.8. The van der Waals surface area contributed by atoms with Crippen molar-refractivity contribution in [3.05, 3.63) is 30.1 Å². The highest BCUT2D eigenvalue weighted by molar-refractivity contribution is 5.94. The van der Waals surface area contributed by atoms with Gasteiger partial charge in [0.1, 0.15) is 5.60 Å². The first-order valence-electron chi connectivity index (χ1n) is 6.95. The third-order valence-electron chi connectivity index (χ3n) is 2.73. The lowest BCUT2D eigenvalue weighted by molar-refractivity contribution is -0.138. The van der Waals surface area contributed by atoms with Crippen LogP contribution in [0.1, 0.15) is 31.1 Å². The quantitative estimate of drug-likeness (QED) is 0.826. The molecule has 0 spiro atoms. The van der Waals surface area contributed by atoms with E-state index >= 15 is 0 Å². The number of nitrogens with one attached hydrogen (secondary N) is 1. The van der Waals surface area contributed by atoms with Crippen LogP contribution in [-0.2, 0) is 9.53 Å². The van der Waals surface area contributed by atoms with Crippen molar-refractivity contribution in [1.82, 2.24) is 15.2 Å². The predicted octanol–water partition coefficient (Wildman–Crippen LogP) is 1.08. The molecule has 0 radical (unpaired) electrons. The van der Waals surface area contributed by atoms with Crippen LogP contribution >= 0.6 is 0 Å². The summed E-state index contributed by atoms with van der Waals surface area (Å²) in [5.74, 6) is 0.105. The number of amides is 1. The Morgan fingerprint density at radius 3 is 2.29 bits per heavy atom. The van der Waals surface area contributed by atoms with Crippen LogP contribution in [0.5, 0.6) is 0 Å². The molecular formula is C15H23N3O3. The molecule has 1 saturated heterocycles. The second-order valence-corrected chi connectivity index (χ2v) is 5.60. The highest BCUT2D eigenvalue weighted by Crippen LogP contribution is 2.04. The van der Waals surface area contributed by atoms with Gasteiger partial charge in [-0.1, -0.05) is 0 Å². The van der Waals surface area contributed by atoms with Crippen molar-refractivity contribution >= 4 is 12.4 Å². The summed E-state index contributed by atoms with van der Waals surface area (Å²) in [6.07, 6.45) is 3.30. The molecule has 0 aromatic carbocycles. The first-order valence-corrected chi connectivity index (χ1v) is 6.95. The lowest BCUT2D eigenvalue weighted by Crippen LogP contribution is -2.46. The highest BCUT2D eigenvalue weighted by Gasteiger charge is 2.17. The molecule has 116 valence electrons. The molecule has 1 N–H and O–H groups in total. The summed E-state index contributed by atoms with van der Waals surface area (Å²) in [7, 11) is 0. The minimum atomic E-state index is -0.318. The number of carbonyl (C=O) groups is 2. The molecule has 2 heterocycles. The fourth-order valence-electron chi connectivity index (χ4n) is 1.69. The fraction of sp³-hybridized carbons (Fsp3) is 0.533. The van der Waals surface area contributed by atoms with E-state index < -0.39 is 0 Å². The van der Waals surface area contributed by atoms with E-state index in [1.165, 1.54) is 0 Å². The Bertz CT molecular complexity index is 437. The Labute approximate surface area is 125 Å². The van der Waals surface area contributed by atoms with Gasteiger partial charge in [0, 0.05) is 44.1 Å². The second-order valence-electron chi connectivity index (χ2n) is 5.60. The third-order valence-corrected chi connectivity index (χ3v) is 2.73. The Morgan fingerprint density at radius 2 is 1.86 bits per heavy atom. The normalized spacial score (nSPS) is 14.7. The molecule has 1 amide bonds. The van der Waals surface area contributed by atoms with Crippen molar-refractivity contribution in [3.63, 3.8) is 0 Å². The van der Waals surface area contributed by atoms with Gasteiger partial charge in [0.05, 0.1) is 0 Å². The summed E-state index contributed by atoms with van der Waals surface area (Å²) < 4.78 is 4.55. The molecule has 0 unspecified atom stereocenters. The van der Waals surface area contributed by atoms with E-state index in [0.717, 1.165) is 31.7 Å². The van der Waals surface area contributed by atoms with E-state index in [4.69, 9.17) is 0 Å². The first kappa shape index (κ1) is 17.1. The number of rotatable bonds is 2. The highest BCUT2D eigenvalue weighted by atomic mass is 16.5. The van der Waals surface area contributed by atoms with Crippen LogP contribution in [0, 0.1) is 0 Å². The van der Waals surface area contributed by atoms with Crippen LogP contribution in [0.15, 0.2) is 24.5 Å². The van der Waals surface area contributed by atoms with Gasteiger partial charge in [0.2, 0.25) is 0 Å². The van der Waals surface area contributed by atoms with Crippen molar-refractivity contribution in [3.8, 4) is 0 Å². The maximum absolute atomic E-state index is 11.9. The van der Waals surface area contributed by atoms with Crippen molar-refractivity contribution in [2.24, 2.45) is 0 Å². The molecule has 1 aromatic heterocycles. The van der Waals surface area contributed by atoms with Gasteiger partial charge in [0.15, 0.2) is 0 Å². The van der Waals surface area contributed by atoms with Gasteiger partial charge in [-0.05, 0) is 32.9 Å². The first-order chi connectivity index (χ1) is 9.94. The van der Waals surface area contributed by atoms with Gasteiger partial charge >= 0.3 is 0 Å². The van der Waals surface area contributed by atoms with E-state index in [9.17, 15) is 9.59 Å². The molecule has 1 fully saturated rings. The molecule has 0 saturated carbocycles. The van der Waals surface area contributed by atoms with Crippen LogP contribution < -0.4 is 5.32 Å². The van der Waals surface area contributed by atoms with E-state index in [0.29, 0.717) is 6.47 Å². The second kappa shape index (κ2) is 8.36. The average Bonchev–Trinajstić information content (AvgIpc) is 2.48.